The molecule has 0 bridgehead atoms. The van der Waals surface area contributed by atoms with Crippen LogP contribution in [0.15, 0.2) is 35.5 Å². The van der Waals surface area contributed by atoms with Crippen molar-refractivity contribution in [3.8, 4) is 11.5 Å². The summed E-state index contributed by atoms with van der Waals surface area (Å²) < 4.78 is 38.5. The summed E-state index contributed by atoms with van der Waals surface area (Å²) in [5, 5.41) is 3.23. The Morgan fingerprint density at radius 1 is 1.14 bits per heavy atom. The summed E-state index contributed by atoms with van der Waals surface area (Å²) in [5.74, 6) is -1.26. The van der Waals surface area contributed by atoms with Crippen LogP contribution in [-0.2, 0) is 4.79 Å². The van der Waals surface area contributed by atoms with Crippen LogP contribution in [0.2, 0.25) is 0 Å². The normalized spacial score (nSPS) is 16.6. The lowest BCUT2D eigenvalue weighted by molar-refractivity contribution is -0.113. The van der Waals surface area contributed by atoms with Crippen molar-refractivity contribution in [3.05, 3.63) is 42.0 Å². The molecule has 1 aliphatic carbocycles. The van der Waals surface area contributed by atoms with E-state index in [0.29, 0.717) is 33.4 Å². The lowest BCUT2D eigenvalue weighted by Gasteiger charge is -2.21. The van der Waals surface area contributed by atoms with Gasteiger partial charge in [0.2, 0.25) is 5.91 Å². The molecule has 5 rings (SSSR count). The van der Waals surface area contributed by atoms with Gasteiger partial charge in [-0.3, -0.25) is 4.79 Å². The molecule has 1 amide bonds. The Bertz CT molecular complexity index is 1070. The topological polar surface area (TPSA) is 76.2 Å². The number of H-pyrrole nitrogens is 1. The predicted octanol–water partition coefficient (Wildman–Crippen LogP) is 4.61. The monoisotopic (exact) mass is 417 g/mol. The van der Waals surface area contributed by atoms with E-state index in [1.165, 1.54) is 0 Å². The van der Waals surface area contributed by atoms with Crippen molar-refractivity contribution in [1.29, 1.82) is 0 Å². The number of carbonyl (C=O) groups excluding carboxylic acids is 1. The molecule has 1 spiro atoms. The number of halogens is 2. The number of aromatic amines is 1. The molecule has 150 valence electrons. The molecule has 0 radical (unpaired) electrons. The molecule has 0 unspecified atom stereocenters. The van der Waals surface area contributed by atoms with E-state index in [4.69, 9.17) is 9.47 Å². The maximum atomic E-state index is 13.3. The molecule has 1 aromatic heterocycles. The first kappa shape index (κ1) is 18.2. The Morgan fingerprint density at radius 2 is 1.90 bits per heavy atom. The van der Waals surface area contributed by atoms with Crippen molar-refractivity contribution in [2.45, 2.75) is 36.6 Å². The second kappa shape index (κ2) is 6.91. The van der Waals surface area contributed by atoms with E-state index in [-0.39, 0.29) is 11.7 Å². The highest BCUT2D eigenvalue weighted by Crippen LogP contribution is 2.47. The van der Waals surface area contributed by atoms with Crippen LogP contribution in [0.5, 0.6) is 11.5 Å². The first-order valence-corrected chi connectivity index (χ1v) is 10.3. The molecule has 2 N–H and O–H groups in total. The summed E-state index contributed by atoms with van der Waals surface area (Å²) >= 11 is 1.15. The molecule has 1 aliphatic heterocycles. The zero-order valence-corrected chi connectivity index (χ0v) is 16.1. The number of hydrogen-bond donors (Lipinski definition) is 2. The third-order valence-electron chi connectivity index (χ3n) is 5.03. The zero-order chi connectivity index (χ0) is 20.0. The Hall–Kier alpha value is -2.81. The number of aromatic nitrogens is 2. The molecular formula is C20H17F2N3O3S. The van der Waals surface area contributed by atoms with Crippen LogP contribution in [0.3, 0.4) is 0 Å². The van der Waals surface area contributed by atoms with Gasteiger partial charge in [0.05, 0.1) is 16.8 Å². The lowest BCUT2D eigenvalue weighted by Crippen LogP contribution is -2.34. The number of amides is 1. The summed E-state index contributed by atoms with van der Waals surface area (Å²) in [5.41, 5.74) is 1.30. The Balaban J connectivity index is 1.22. The molecule has 1 saturated carbocycles. The number of thioether (sulfide) groups is 1. The lowest BCUT2D eigenvalue weighted by atomic mass is 10.2. The fraction of sp³-hybridized carbons (Fsp3) is 0.300. The molecule has 29 heavy (non-hydrogen) atoms. The van der Waals surface area contributed by atoms with E-state index in [1.54, 1.807) is 18.2 Å². The van der Waals surface area contributed by atoms with Gasteiger partial charge >= 0.3 is 0 Å². The predicted molar refractivity (Wildman–Crippen MR) is 104 cm³/mol. The van der Waals surface area contributed by atoms with Gasteiger partial charge in [0.25, 0.3) is 5.79 Å². The molecule has 6 nitrogen and oxygen atoms in total. The number of nitrogens with zero attached hydrogens (tertiary/aromatic N) is 1. The van der Waals surface area contributed by atoms with Gasteiger partial charge in [-0.1, -0.05) is 11.8 Å². The number of rotatable bonds is 4. The van der Waals surface area contributed by atoms with Gasteiger partial charge in [-0.05, 0) is 25.0 Å². The number of imidazole rings is 1. The van der Waals surface area contributed by atoms with E-state index >= 15 is 0 Å². The molecule has 3 aromatic rings. The second-order valence-corrected chi connectivity index (χ2v) is 8.11. The minimum absolute atomic E-state index is 0.0865. The summed E-state index contributed by atoms with van der Waals surface area (Å²) in [7, 11) is 0. The largest absolute Gasteiger partial charge is 0.448 e. The zero-order valence-electron chi connectivity index (χ0n) is 15.3. The number of anilines is 1. The number of benzene rings is 2. The van der Waals surface area contributed by atoms with Crippen molar-refractivity contribution < 1.29 is 23.0 Å². The second-order valence-electron chi connectivity index (χ2n) is 7.15. The minimum Gasteiger partial charge on any atom is -0.448 e. The van der Waals surface area contributed by atoms with E-state index < -0.39 is 17.4 Å². The number of nitrogens with one attached hydrogen (secondary N) is 2. The fourth-order valence-corrected chi connectivity index (χ4v) is 4.36. The van der Waals surface area contributed by atoms with Crippen molar-refractivity contribution in [2.75, 3.05) is 11.1 Å². The van der Waals surface area contributed by atoms with Gasteiger partial charge < -0.3 is 19.8 Å². The van der Waals surface area contributed by atoms with E-state index in [1.807, 2.05) is 0 Å². The van der Waals surface area contributed by atoms with Gasteiger partial charge in [0.15, 0.2) is 28.3 Å². The summed E-state index contributed by atoms with van der Waals surface area (Å²) in [6, 6.07) is 7.40. The maximum absolute atomic E-state index is 13.3. The van der Waals surface area contributed by atoms with E-state index in [2.05, 4.69) is 15.3 Å². The van der Waals surface area contributed by atoms with Crippen LogP contribution in [0.4, 0.5) is 14.5 Å². The highest BCUT2D eigenvalue weighted by atomic mass is 32.2. The van der Waals surface area contributed by atoms with Crippen LogP contribution in [-0.4, -0.2) is 27.4 Å². The van der Waals surface area contributed by atoms with Crippen LogP contribution in [0, 0.1) is 11.6 Å². The highest BCUT2D eigenvalue weighted by Gasteiger charge is 2.44. The Kier molecular flexibility index (Phi) is 4.34. The van der Waals surface area contributed by atoms with Crippen LogP contribution < -0.4 is 14.8 Å². The molecular weight excluding hydrogens is 400 g/mol. The van der Waals surface area contributed by atoms with Gasteiger partial charge in [-0.15, -0.1) is 0 Å². The maximum Gasteiger partial charge on any atom is 0.251 e. The van der Waals surface area contributed by atoms with Crippen LogP contribution >= 0.6 is 11.8 Å². The van der Waals surface area contributed by atoms with Crippen molar-refractivity contribution >= 4 is 34.4 Å². The number of carbonyl (C=O) groups is 1. The van der Waals surface area contributed by atoms with Crippen LogP contribution in [0.1, 0.15) is 25.7 Å². The van der Waals surface area contributed by atoms with Crippen molar-refractivity contribution in [1.82, 2.24) is 9.97 Å². The smallest absolute Gasteiger partial charge is 0.251 e. The summed E-state index contributed by atoms with van der Waals surface area (Å²) in [6.07, 6.45) is 3.89. The number of hydrogen-bond acceptors (Lipinski definition) is 5. The van der Waals surface area contributed by atoms with Gasteiger partial charge in [0.1, 0.15) is 0 Å². The molecule has 0 saturated heterocycles. The fourth-order valence-electron chi connectivity index (χ4n) is 3.67. The van der Waals surface area contributed by atoms with Crippen molar-refractivity contribution in [2.24, 2.45) is 0 Å². The number of ether oxygens (including phenoxy) is 2. The third kappa shape index (κ3) is 3.50. The molecule has 2 heterocycles. The van der Waals surface area contributed by atoms with Crippen molar-refractivity contribution in [3.63, 3.8) is 0 Å². The molecule has 2 aromatic carbocycles. The minimum atomic E-state index is -0.958. The van der Waals surface area contributed by atoms with Crippen LogP contribution in [0.25, 0.3) is 11.0 Å². The molecule has 2 aliphatic rings. The Morgan fingerprint density at radius 3 is 2.72 bits per heavy atom. The highest BCUT2D eigenvalue weighted by molar-refractivity contribution is 7.99. The molecule has 9 heteroatoms. The SMILES string of the molecule is O=C(CSc1nc2cc(F)c(F)cc2[nH]1)Nc1ccc2c(c1)OC1(CCCC1)O2. The third-order valence-corrected chi connectivity index (χ3v) is 5.90. The van der Waals surface area contributed by atoms with E-state index in [0.717, 1.165) is 49.6 Å². The molecule has 1 fully saturated rings. The average Bonchev–Trinajstić information content (AvgIpc) is 3.39. The quantitative estimate of drug-likeness (QED) is 0.606. The first-order chi connectivity index (χ1) is 14.0. The van der Waals surface area contributed by atoms with Gasteiger partial charge in [-0.2, -0.15) is 0 Å². The average molecular weight is 417 g/mol. The number of fused-ring (bicyclic) bond motifs is 2. The summed E-state index contributed by atoms with van der Waals surface area (Å²) in [6.45, 7) is 0. The molecule has 0 atom stereocenters. The standard InChI is InChI=1S/C20H17F2N3O3S/c21-12-8-14-15(9-13(12)22)25-19(24-14)29-10-18(26)23-11-3-4-16-17(7-11)28-20(27-16)5-1-2-6-20/h3-4,7-9H,1-2,5-6,10H2,(H,23,26)(H,24,25). The first-order valence-electron chi connectivity index (χ1n) is 9.29. The Labute approximate surface area is 169 Å². The summed E-state index contributed by atoms with van der Waals surface area (Å²) in [4.78, 5) is 19.3. The van der Waals surface area contributed by atoms with Gasteiger partial charge in [-0.25, -0.2) is 13.8 Å². The van der Waals surface area contributed by atoms with E-state index in [9.17, 15) is 13.6 Å². The van der Waals surface area contributed by atoms with Gasteiger partial charge in [0, 0.05) is 36.7 Å².